The zero-order valence-electron chi connectivity index (χ0n) is 13.9. The molecule has 25 heavy (non-hydrogen) atoms. The Hall–Kier alpha value is -1.69. The van der Waals surface area contributed by atoms with E-state index < -0.39 is 10.0 Å². The van der Waals surface area contributed by atoms with E-state index in [1.54, 1.807) is 12.1 Å². The molecule has 0 saturated heterocycles. The van der Waals surface area contributed by atoms with E-state index >= 15 is 0 Å². The van der Waals surface area contributed by atoms with E-state index in [1.807, 2.05) is 36.1 Å². The maximum Gasteiger partial charge on any atom is 0.260 e. The number of aromatic nitrogens is 1. The summed E-state index contributed by atoms with van der Waals surface area (Å²) in [5.41, 5.74) is 1.59. The molecule has 0 saturated carbocycles. The van der Waals surface area contributed by atoms with Crippen molar-refractivity contribution in [3.05, 3.63) is 67.9 Å². The first kappa shape index (κ1) is 18.1. The van der Waals surface area contributed by atoms with Gasteiger partial charge in [-0.1, -0.05) is 23.7 Å². The third-order valence-corrected chi connectivity index (χ3v) is 6.93. The van der Waals surface area contributed by atoms with Gasteiger partial charge in [0.25, 0.3) is 5.91 Å². The number of pyridine rings is 1. The lowest BCUT2D eigenvalue weighted by Crippen LogP contribution is -2.34. The van der Waals surface area contributed by atoms with Gasteiger partial charge in [0.2, 0.25) is 5.43 Å². The fourth-order valence-corrected chi connectivity index (χ4v) is 5.00. The summed E-state index contributed by atoms with van der Waals surface area (Å²) < 4.78 is 0. The highest BCUT2D eigenvalue weighted by atomic mass is 35.5. The van der Waals surface area contributed by atoms with E-state index in [4.69, 9.17) is 23.2 Å². The van der Waals surface area contributed by atoms with Crippen LogP contribution >= 0.6 is 33.2 Å². The highest BCUT2D eigenvalue weighted by Crippen LogP contribution is 2.54. The Morgan fingerprint density at radius 1 is 1.24 bits per heavy atom. The van der Waals surface area contributed by atoms with E-state index in [9.17, 15) is 9.59 Å². The molecule has 3 rings (SSSR count). The van der Waals surface area contributed by atoms with Crippen LogP contribution in [0.15, 0.2) is 45.6 Å². The fraction of sp³-hybridized carbons (Fsp3) is 0.222. The molecule has 1 aliphatic heterocycles. The molecule has 0 atom stereocenters. The Balaban J connectivity index is 1.92. The summed E-state index contributed by atoms with van der Waals surface area (Å²) in [6.07, 6.45) is 7.46. The molecule has 1 aromatic heterocycles. The van der Waals surface area contributed by atoms with Crippen LogP contribution < -0.4 is 5.43 Å². The van der Waals surface area contributed by atoms with Gasteiger partial charge in [-0.2, -0.15) is 10.0 Å². The smallest absolute Gasteiger partial charge is 0.260 e. The predicted octanol–water partition coefficient (Wildman–Crippen LogP) is 4.27. The van der Waals surface area contributed by atoms with Gasteiger partial charge in [0.1, 0.15) is 5.56 Å². The third kappa shape index (κ3) is 3.50. The molecule has 0 unspecified atom stereocenters. The highest BCUT2D eigenvalue weighted by Gasteiger charge is 2.28. The van der Waals surface area contributed by atoms with Crippen LogP contribution in [0.5, 0.6) is 0 Å². The molecule has 0 radical (unpaired) electrons. The normalized spacial score (nSPS) is 15.7. The summed E-state index contributed by atoms with van der Waals surface area (Å²) in [7, 11) is -1.33. The van der Waals surface area contributed by atoms with Crippen LogP contribution in [0.1, 0.15) is 21.6 Å². The summed E-state index contributed by atoms with van der Waals surface area (Å²) in [5, 5.41) is 2.66. The second kappa shape index (κ2) is 6.90. The molecule has 2 heterocycles. The quantitative estimate of drug-likeness (QED) is 0.619. The van der Waals surface area contributed by atoms with Gasteiger partial charge in [-0.3, -0.25) is 9.59 Å². The first-order chi connectivity index (χ1) is 11.8. The zero-order valence-corrected chi connectivity index (χ0v) is 16.2. The lowest BCUT2D eigenvalue weighted by atomic mass is 10.2. The molecule has 132 valence electrons. The van der Waals surface area contributed by atoms with Crippen LogP contribution in [0.2, 0.25) is 5.02 Å². The number of alkyl halides is 1. The minimum atomic E-state index is -1.33. The van der Waals surface area contributed by atoms with E-state index in [2.05, 4.69) is 4.98 Å². The van der Waals surface area contributed by atoms with Crippen molar-refractivity contribution in [1.29, 1.82) is 0 Å². The number of aromatic amines is 1. The number of nitrogens with one attached hydrogen (secondary N) is 1. The molecule has 4 nitrogen and oxygen atoms in total. The molecular weight excluding hydrogens is 379 g/mol. The Bertz CT molecular complexity index is 904. The second-order valence-corrected chi connectivity index (χ2v) is 10.4. The van der Waals surface area contributed by atoms with Crippen molar-refractivity contribution in [3.8, 4) is 0 Å². The molecular formula is C18H18Cl2N2O2S. The number of H-pyrrole nitrogens is 1. The van der Waals surface area contributed by atoms with Crippen molar-refractivity contribution < 1.29 is 4.79 Å². The number of rotatable bonds is 4. The lowest BCUT2D eigenvalue weighted by Gasteiger charge is -2.24. The van der Waals surface area contributed by atoms with E-state index in [-0.39, 0.29) is 22.9 Å². The van der Waals surface area contributed by atoms with Crippen molar-refractivity contribution in [3.63, 3.8) is 0 Å². The molecule has 0 aliphatic carbocycles. The van der Waals surface area contributed by atoms with Gasteiger partial charge >= 0.3 is 0 Å². The van der Waals surface area contributed by atoms with Gasteiger partial charge < -0.3 is 9.88 Å². The Kier molecular flexibility index (Phi) is 5.00. The molecule has 0 spiro atoms. The summed E-state index contributed by atoms with van der Waals surface area (Å²) >= 11 is 11.9. The molecule has 1 amide bonds. The molecule has 1 aliphatic rings. The van der Waals surface area contributed by atoms with Gasteiger partial charge in [-0.25, -0.2) is 0 Å². The van der Waals surface area contributed by atoms with Gasteiger partial charge in [0.15, 0.2) is 0 Å². The number of fused-ring (bicyclic) bond motifs is 1. The Morgan fingerprint density at radius 3 is 2.56 bits per heavy atom. The second-order valence-electron chi connectivity index (χ2n) is 6.23. The van der Waals surface area contributed by atoms with Gasteiger partial charge in [0.05, 0.1) is 16.6 Å². The topological polar surface area (TPSA) is 53.2 Å². The Morgan fingerprint density at radius 2 is 1.92 bits per heavy atom. The number of hydrogen-bond acceptors (Lipinski definition) is 2. The first-order valence-electron chi connectivity index (χ1n) is 7.60. The van der Waals surface area contributed by atoms with Crippen molar-refractivity contribution in [2.24, 2.45) is 0 Å². The van der Waals surface area contributed by atoms with E-state index in [0.717, 1.165) is 11.3 Å². The lowest BCUT2D eigenvalue weighted by molar-refractivity contribution is 0.0771. The fourth-order valence-electron chi connectivity index (χ4n) is 2.79. The van der Waals surface area contributed by atoms with Crippen LogP contribution in [0.25, 0.3) is 6.08 Å². The van der Waals surface area contributed by atoms with Crippen LogP contribution in [-0.4, -0.2) is 34.3 Å². The minimum absolute atomic E-state index is 0.00746. The predicted molar refractivity (Wildman–Crippen MR) is 106 cm³/mol. The van der Waals surface area contributed by atoms with Crippen LogP contribution in [0.4, 0.5) is 0 Å². The van der Waals surface area contributed by atoms with Gasteiger partial charge in [-0.05, 0) is 41.7 Å². The molecule has 1 aromatic carbocycles. The maximum atomic E-state index is 12.9. The minimum Gasteiger partial charge on any atom is -0.360 e. The number of carbonyl (C=O) groups is 1. The van der Waals surface area contributed by atoms with Crippen LogP contribution in [0, 0.1) is 0 Å². The van der Waals surface area contributed by atoms with Crippen molar-refractivity contribution in [1.82, 2.24) is 9.88 Å². The average molecular weight is 397 g/mol. The number of benzene rings is 1. The number of halogens is 2. The number of hydrogen-bond donors (Lipinski definition) is 1. The standard InChI is InChI=1S/C18H18Cl2N2O2S/c1-25(2)8-7-15-17(25)16(23)14(9-21-15)18(24)22(11-19)10-12-3-5-13(20)6-4-12/h3-9H,10-11H2,1-2H3,(H,21,23). The average Bonchev–Trinajstić information content (AvgIpc) is 2.90. The summed E-state index contributed by atoms with van der Waals surface area (Å²) in [5.74, 6) is -0.379. The molecule has 1 N–H and O–H groups in total. The summed E-state index contributed by atoms with van der Waals surface area (Å²) in [6.45, 7) is 0.310. The molecule has 2 aromatic rings. The number of carbonyl (C=O) groups excluding carboxylic acids is 1. The van der Waals surface area contributed by atoms with E-state index in [1.165, 1.54) is 11.1 Å². The SMILES string of the molecule is CS1(C)C=Cc2[nH]cc(C(=O)N(CCl)Cc3ccc(Cl)cc3)c(=O)c21. The monoisotopic (exact) mass is 396 g/mol. The number of amides is 1. The summed E-state index contributed by atoms with van der Waals surface area (Å²) in [6, 6.07) is 7.17. The first-order valence-corrected chi connectivity index (χ1v) is 11.0. The molecule has 0 fully saturated rings. The Labute approximate surface area is 157 Å². The summed E-state index contributed by atoms with van der Waals surface area (Å²) in [4.78, 5) is 31.0. The van der Waals surface area contributed by atoms with Gasteiger partial charge in [-0.15, -0.1) is 11.6 Å². The van der Waals surface area contributed by atoms with Crippen molar-refractivity contribution >= 4 is 45.2 Å². The van der Waals surface area contributed by atoms with E-state index in [0.29, 0.717) is 16.5 Å². The number of nitrogens with zero attached hydrogens (tertiary/aromatic N) is 1. The van der Waals surface area contributed by atoms with Crippen LogP contribution in [0.3, 0.4) is 0 Å². The zero-order chi connectivity index (χ0) is 18.2. The van der Waals surface area contributed by atoms with Crippen molar-refractivity contribution in [2.45, 2.75) is 11.4 Å². The van der Waals surface area contributed by atoms with Gasteiger partial charge in [0, 0.05) is 17.8 Å². The molecule has 7 heteroatoms. The van der Waals surface area contributed by atoms with Crippen LogP contribution in [-0.2, 0) is 6.54 Å². The van der Waals surface area contributed by atoms with Crippen molar-refractivity contribution in [2.75, 3.05) is 18.5 Å². The molecule has 0 bridgehead atoms. The maximum absolute atomic E-state index is 12.9. The third-order valence-electron chi connectivity index (χ3n) is 4.12. The largest absolute Gasteiger partial charge is 0.360 e. The highest BCUT2D eigenvalue weighted by molar-refractivity contribution is 8.35.